The molecule has 0 saturated carbocycles. The Morgan fingerprint density at radius 2 is 1.84 bits per heavy atom. The summed E-state index contributed by atoms with van der Waals surface area (Å²) in [6.07, 6.45) is 12.3. The lowest BCUT2D eigenvalue weighted by Crippen LogP contribution is -2.24. The fourth-order valence-electron chi connectivity index (χ4n) is 5.06. The smallest absolute Gasteiger partial charge is 0.261 e. The number of hydrogen-bond acceptors (Lipinski definition) is 6. The molecule has 1 saturated heterocycles. The molecule has 7 heterocycles. The minimum absolute atomic E-state index is 0.0990. The molecule has 1 aliphatic rings. The van der Waals surface area contributed by atoms with Gasteiger partial charge in [0.1, 0.15) is 17.0 Å². The van der Waals surface area contributed by atoms with Crippen LogP contribution in [0, 0.1) is 0 Å². The third-order valence-electron chi connectivity index (χ3n) is 6.90. The van der Waals surface area contributed by atoms with Crippen LogP contribution in [0.5, 0.6) is 0 Å². The van der Waals surface area contributed by atoms with Crippen LogP contribution in [0.2, 0.25) is 0 Å². The van der Waals surface area contributed by atoms with Crippen LogP contribution in [0.3, 0.4) is 0 Å². The van der Waals surface area contributed by atoms with Crippen LogP contribution in [0.4, 0.5) is 8.78 Å². The largest absolute Gasteiger partial charge is 0.345 e. The molecular weight excluding hydrogens is 486 g/mol. The van der Waals surface area contributed by atoms with Crippen LogP contribution >= 0.6 is 0 Å². The number of pyridine rings is 4. The monoisotopic (exact) mass is 508 g/mol. The fourth-order valence-corrected chi connectivity index (χ4v) is 5.06. The van der Waals surface area contributed by atoms with Gasteiger partial charge in [-0.15, -0.1) is 0 Å². The Morgan fingerprint density at radius 1 is 0.947 bits per heavy atom. The molecule has 0 unspecified atom stereocenters. The van der Waals surface area contributed by atoms with Crippen molar-refractivity contribution in [3.63, 3.8) is 0 Å². The minimum atomic E-state index is -2.62. The van der Waals surface area contributed by atoms with Crippen LogP contribution in [0.1, 0.15) is 12.0 Å². The highest BCUT2D eigenvalue weighted by atomic mass is 19.3. The van der Waals surface area contributed by atoms with Crippen molar-refractivity contribution in [2.24, 2.45) is 0 Å². The number of alkyl halides is 2. The van der Waals surface area contributed by atoms with Gasteiger partial charge in [-0.25, -0.2) is 18.7 Å². The maximum Gasteiger partial charge on any atom is 0.261 e. The number of hydrogen-bond donors (Lipinski definition) is 2. The Hall–Kier alpha value is -4.57. The van der Waals surface area contributed by atoms with E-state index >= 15 is 0 Å². The number of fused-ring (bicyclic) bond motifs is 2. The van der Waals surface area contributed by atoms with Crippen molar-refractivity contribution < 1.29 is 8.78 Å². The van der Waals surface area contributed by atoms with E-state index < -0.39 is 5.92 Å². The average Bonchev–Trinajstić information content (AvgIpc) is 3.64. The quantitative estimate of drug-likeness (QED) is 0.321. The highest BCUT2D eigenvalue weighted by Crippen LogP contribution is 2.33. The van der Waals surface area contributed by atoms with E-state index in [0.29, 0.717) is 18.9 Å². The molecule has 0 aromatic carbocycles. The number of halogens is 2. The van der Waals surface area contributed by atoms with Gasteiger partial charge in [0.05, 0.1) is 24.0 Å². The van der Waals surface area contributed by atoms with Gasteiger partial charge in [0.15, 0.2) is 0 Å². The van der Waals surface area contributed by atoms with E-state index in [2.05, 4.69) is 29.9 Å². The molecule has 188 valence electrons. The molecule has 1 fully saturated rings. The van der Waals surface area contributed by atoms with E-state index in [1.54, 1.807) is 42.1 Å². The van der Waals surface area contributed by atoms with Crippen molar-refractivity contribution in [1.82, 2.24) is 39.8 Å². The first-order chi connectivity index (χ1) is 18.5. The molecule has 10 heteroatoms. The SMILES string of the molecule is FC1(F)CCN(Cc2cncc(-c3cnc4[nH]cc(-c5nc6c(-c7ccccn7)cncc6[nH]5)c4c3)c2)C1. The zero-order valence-electron chi connectivity index (χ0n) is 20.2. The van der Waals surface area contributed by atoms with Gasteiger partial charge >= 0.3 is 0 Å². The van der Waals surface area contributed by atoms with Crippen LogP contribution in [0.25, 0.3) is 55.8 Å². The van der Waals surface area contributed by atoms with Crippen molar-refractivity contribution in [2.75, 3.05) is 13.1 Å². The number of rotatable bonds is 5. The highest BCUT2D eigenvalue weighted by molar-refractivity contribution is 5.97. The Morgan fingerprint density at radius 3 is 2.68 bits per heavy atom. The summed E-state index contributed by atoms with van der Waals surface area (Å²) in [6.45, 7) is 0.603. The molecule has 7 rings (SSSR count). The van der Waals surface area contributed by atoms with E-state index in [-0.39, 0.29) is 13.0 Å². The summed E-state index contributed by atoms with van der Waals surface area (Å²) in [6, 6.07) is 9.78. The molecule has 0 spiro atoms. The molecule has 1 aliphatic heterocycles. The molecule has 2 N–H and O–H groups in total. The number of nitrogens with one attached hydrogen (secondary N) is 2. The first-order valence-corrected chi connectivity index (χ1v) is 12.3. The van der Waals surface area contributed by atoms with Gasteiger partial charge in [-0.3, -0.25) is 19.9 Å². The molecular formula is C28H22F2N8. The van der Waals surface area contributed by atoms with Gasteiger partial charge < -0.3 is 9.97 Å². The Labute approximate surface area is 215 Å². The first-order valence-electron chi connectivity index (χ1n) is 12.3. The summed E-state index contributed by atoms with van der Waals surface area (Å²) >= 11 is 0. The molecule has 38 heavy (non-hydrogen) atoms. The standard InChI is InChI=1S/C28H22F2N8/c29-28(30)4-6-38(16-28)15-17-7-18(10-31-9-17)19-8-20-21(13-35-26(20)34-11-19)27-36-24-14-32-12-22(25(24)37-27)23-3-1-2-5-33-23/h1-3,5,7-14H,4,6,15-16H2,(H,34,35)(H,36,37). The van der Waals surface area contributed by atoms with Gasteiger partial charge in [-0.1, -0.05) is 6.07 Å². The minimum Gasteiger partial charge on any atom is -0.345 e. The molecule has 0 atom stereocenters. The molecule has 8 nitrogen and oxygen atoms in total. The molecule has 0 radical (unpaired) electrons. The zero-order chi connectivity index (χ0) is 25.7. The van der Waals surface area contributed by atoms with Gasteiger partial charge in [0.2, 0.25) is 0 Å². The van der Waals surface area contributed by atoms with Crippen molar-refractivity contribution in [3.8, 4) is 33.8 Å². The Bertz CT molecular complexity index is 1780. The predicted octanol–water partition coefficient (Wildman–Crippen LogP) is 5.47. The third kappa shape index (κ3) is 4.08. The van der Waals surface area contributed by atoms with E-state index in [1.165, 1.54) is 0 Å². The van der Waals surface area contributed by atoms with Gasteiger partial charge in [-0.05, 0) is 29.8 Å². The molecule has 0 aliphatic carbocycles. The predicted molar refractivity (Wildman–Crippen MR) is 140 cm³/mol. The summed E-state index contributed by atoms with van der Waals surface area (Å²) in [5, 5.41) is 0.901. The van der Waals surface area contributed by atoms with Crippen LogP contribution in [0.15, 0.2) is 73.7 Å². The maximum atomic E-state index is 13.6. The van der Waals surface area contributed by atoms with Crippen molar-refractivity contribution >= 4 is 22.1 Å². The van der Waals surface area contributed by atoms with Gasteiger partial charge in [-0.2, -0.15) is 0 Å². The summed E-state index contributed by atoms with van der Waals surface area (Å²) in [5.74, 6) is -1.92. The molecule has 0 amide bonds. The lowest BCUT2D eigenvalue weighted by Gasteiger charge is -2.15. The summed E-state index contributed by atoms with van der Waals surface area (Å²) < 4.78 is 27.3. The van der Waals surface area contributed by atoms with Crippen LogP contribution < -0.4 is 0 Å². The number of aromatic nitrogens is 7. The summed E-state index contributed by atoms with van der Waals surface area (Å²) in [5.41, 5.74) is 7.51. The zero-order valence-corrected chi connectivity index (χ0v) is 20.2. The van der Waals surface area contributed by atoms with Gasteiger partial charge in [0.25, 0.3) is 5.92 Å². The van der Waals surface area contributed by atoms with E-state index in [9.17, 15) is 8.78 Å². The molecule has 0 bridgehead atoms. The van der Waals surface area contributed by atoms with E-state index in [0.717, 1.165) is 55.6 Å². The number of likely N-dealkylation sites (tertiary alicyclic amines) is 1. The summed E-state index contributed by atoms with van der Waals surface area (Å²) in [7, 11) is 0. The second kappa shape index (κ2) is 8.77. The normalized spacial score (nSPS) is 15.5. The fraction of sp³-hybridized carbons (Fsp3) is 0.179. The molecule has 6 aromatic rings. The van der Waals surface area contributed by atoms with Crippen LogP contribution in [-0.2, 0) is 6.54 Å². The van der Waals surface area contributed by atoms with Crippen LogP contribution in [-0.4, -0.2) is 58.8 Å². The average molecular weight is 509 g/mol. The van der Waals surface area contributed by atoms with E-state index in [4.69, 9.17) is 4.98 Å². The summed E-state index contributed by atoms with van der Waals surface area (Å²) in [4.78, 5) is 31.1. The molecule has 6 aromatic heterocycles. The Kier molecular flexibility index (Phi) is 5.22. The maximum absolute atomic E-state index is 13.6. The number of aromatic amines is 2. The highest BCUT2D eigenvalue weighted by Gasteiger charge is 2.37. The van der Waals surface area contributed by atoms with Crippen molar-refractivity contribution in [3.05, 3.63) is 79.3 Å². The topological polar surface area (TPSA) is 99.3 Å². The number of imidazole rings is 1. The lowest BCUT2D eigenvalue weighted by atomic mass is 10.1. The third-order valence-corrected chi connectivity index (χ3v) is 6.90. The lowest BCUT2D eigenvalue weighted by molar-refractivity contribution is 0.0115. The van der Waals surface area contributed by atoms with Gasteiger partial charge in [0, 0.05) is 84.3 Å². The number of H-pyrrole nitrogens is 2. The Balaban J connectivity index is 1.24. The first kappa shape index (κ1) is 22.6. The second-order valence-corrected chi connectivity index (χ2v) is 9.60. The number of nitrogens with zero attached hydrogens (tertiary/aromatic N) is 6. The van der Waals surface area contributed by atoms with E-state index in [1.807, 2.05) is 36.5 Å². The van der Waals surface area contributed by atoms with Crippen molar-refractivity contribution in [2.45, 2.75) is 18.9 Å². The second-order valence-electron chi connectivity index (χ2n) is 9.60. The van der Waals surface area contributed by atoms with Crippen molar-refractivity contribution in [1.29, 1.82) is 0 Å².